The fourth-order valence-electron chi connectivity index (χ4n) is 3.72. The second-order valence-corrected chi connectivity index (χ2v) is 6.75. The molecule has 1 saturated heterocycles. The maximum absolute atomic E-state index is 11.0. The Morgan fingerprint density at radius 1 is 1.11 bits per heavy atom. The van der Waals surface area contributed by atoms with E-state index in [1.54, 1.807) is 12.1 Å². The molecule has 7 heteroatoms. The standard InChI is InChI=1S/C20H22N2O5/c1-24-16-4-2-14(3-5-16)18-8-9-22(21-23)11-15(18)12-25-17-6-7-19-20(10-17)27-13-26-19/h2-7,10,15,18H,8-9,11-13H2,1H3/t15-,18-/m0/s1. The van der Waals surface area contributed by atoms with Crippen molar-refractivity contribution in [3.05, 3.63) is 52.9 Å². The zero-order valence-corrected chi connectivity index (χ0v) is 15.2. The summed E-state index contributed by atoms with van der Waals surface area (Å²) in [5, 5.41) is 4.70. The number of fused-ring (bicyclic) bond motifs is 1. The number of piperidine rings is 1. The van der Waals surface area contributed by atoms with E-state index >= 15 is 0 Å². The van der Waals surface area contributed by atoms with Crippen molar-refractivity contribution in [1.29, 1.82) is 0 Å². The molecule has 0 bridgehead atoms. The zero-order chi connectivity index (χ0) is 18.6. The lowest BCUT2D eigenvalue weighted by Gasteiger charge is -2.35. The Balaban J connectivity index is 1.48. The highest BCUT2D eigenvalue weighted by Gasteiger charge is 2.31. The molecule has 142 valence electrons. The minimum absolute atomic E-state index is 0.148. The van der Waals surface area contributed by atoms with Crippen LogP contribution in [-0.2, 0) is 0 Å². The van der Waals surface area contributed by atoms with Crippen molar-refractivity contribution in [3.8, 4) is 23.0 Å². The Hall–Kier alpha value is -2.96. The maximum Gasteiger partial charge on any atom is 0.231 e. The number of rotatable bonds is 6. The van der Waals surface area contributed by atoms with Gasteiger partial charge in [0.2, 0.25) is 6.79 Å². The van der Waals surface area contributed by atoms with Crippen molar-refractivity contribution in [2.45, 2.75) is 12.3 Å². The third kappa shape index (κ3) is 3.77. The van der Waals surface area contributed by atoms with Gasteiger partial charge in [-0.15, -0.1) is 4.91 Å². The summed E-state index contributed by atoms with van der Waals surface area (Å²) >= 11 is 0. The predicted octanol–water partition coefficient (Wildman–Crippen LogP) is 3.59. The number of nitrogens with zero attached hydrogens (tertiary/aromatic N) is 2. The number of hydrogen-bond donors (Lipinski definition) is 0. The Bertz CT molecular complexity index is 795. The summed E-state index contributed by atoms with van der Waals surface area (Å²) in [5.74, 6) is 3.42. The van der Waals surface area contributed by atoms with Crippen LogP contribution in [0.15, 0.2) is 47.8 Å². The molecule has 4 rings (SSSR count). The Morgan fingerprint density at radius 3 is 2.67 bits per heavy atom. The van der Waals surface area contributed by atoms with Crippen molar-refractivity contribution >= 4 is 0 Å². The van der Waals surface area contributed by atoms with Gasteiger partial charge < -0.3 is 18.9 Å². The van der Waals surface area contributed by atoms with E-state index in [0.29, 0.717) is 31.4 Å². The first-order valence-corrected chi connectivity index (χ1v) is 9.01. The Labute approximate surface area is 157 Å². The second-order valence-electron chi connectivity index (χ2n) is 6.75. The molecule has 1 fully saturated rings. The van der Waals surface area contributed by atoms with Crippen molar-refractivity contribution in [3.63, 3.8) is 0 Å². The van der Waals surface area contributed by atoms with Gasteiger partial charge in [-0.25, -0.2) is 0 Å². The van der Waals surface area contributed by atoms with Gasteiger partial charge in [0, 0.05) is 25.1 Å². The van der Waals surface area contributed by atoms with Crippen LogP contribution in [0.5, 0.6) is 23.0 Å². The molecule has 2 aliphatic heterocycles. The van der Waals surface area contributed by atoms with E-state index in [4.69, 9.17) is 18.9 Å². The molecule has 2 heterocycles. The molecule has 0 amide bonds. The average molecular weight is 370 g/mol. The van der Waals surface area contributed by atoms with Gasteiger partial charge in [0.15, 0.2) is 11.5 Å². The van der Waals surface area contributed by atoms with Gasteiger partial charge >= 0.3 is 0 Å². The molecule has 0 aliphatic carbocycles. The van der Waals surface area contributed by atoms with Gasteiger partial charge in [0.1, 0.15) is 11.5 Å². The summed E-state index contributed by atoms with van der Waals surface area (Å²) in [4.78, 5) is 11.0. The van der Waals surface area contributed by atoms with Crippen molar-refractivity contribution in [1.82, 2.24) is 5.01 Å². The largest absolute Gasteiger partial charge is 0.497 e. The van der Waals surface area contributed by atoms with Crippen LogP contribution < -0.4 is 18.9 Å². The van der Waals surface area contributed by atoms with Crippen molar-refractivity contribution < 1.29 is 18.9 Å². The Morgan fingerprint density at radius 2 is 1.89 bits per heavy atom. The molecule has 0 spiro atoms. The Kier molecular flexibility index (Phi) is 5.00. The van der Waals surface area contributed by atoms with Crippen LogP contribution in [0.1, 0.15) is 17.9 Å². The third-order valence-corrected chi connectivity index (χ3v) is 5.18. The molecule has 0 saturated carbocycles. The number of methoxy groups -OCH3 is 1. The molecule has 7 nitrogen and oxygen atoms in total. The van der Waals surface area contributed by atoms with E-state index in [1.807, 2.05) is 30.3 Å². The lowest BCUT2D eigenvalue weighted by atomic mass is 9.81. The topological polar surface area (TPSA) is 69.6 Å². The highest BCUT2D eigenvalue weighted by molar-refractivity contribution is 5.46. The lowest BCUT2D eigenvalue weighted by molar-refractivity contribution is 0.112. The van der Waals surface area contributed by atoms with Gasteiger partial charge in [0.05, 0.1) is 19.0 Å². The molecule has 2 aromatic carbocycles. The first kappa shape index (κ1) is 17.5. The smallest absolute Gasteiger partial charge is 0.231 e. The number of hydrogen-bond acceptors (Lipinski definition) is 6. The highest BCUT2D eigenvalue weighted by atomic mass is 16.7. The van der Waals surface area contributed by atoms with Crippen LogP contribution in [-0.4, -0.2) is 38.6 Å². The van der Waals surface area contributed by atoms with Gasteiger partial charge in [-0.05, 0) is 42.2 Å². The van der Waals surface area contributed by atoms with E-state index in [0.717, 1.165) is 23.7 Å². The minimum Gasteiger partial charge on any atom is -0.497 e. The van der Waals surface area contributed by atoms with E-state index < -0.39 is 0 Å². The second kappa shape index (κ2) is 7.73. The summed E-state index contributed by atoms with van der Waals surface area (Å²) in [6.07, 6.45) is 0.854. The van der Waals surface area contributed by atoms with E-state index in [2.05, 4.69) is 17.4 Å². The monoisotopic (exact) mass is 370 g/mol. The molecule has 2 aliphatic rings. The molecular weight excluding hydrogens is 348 g/mol. The summed E-state index contributed by atoms with van der Waals surface area (Å²) in [6, 6.07) is 13.7. The third-order valence-electron chi connectivity index (χ3n) is 5.18. The molecule has 0 radical (unpaired) electrons. The van der Waals surface area contributed by atoms with Crippen LogP contribution in [0.2, 0.25) is 0 Å². The number of benzene rings is 2. The van der Waals surface area contributed by atoms with Crippen LogP contribution >= 0.6 is 0 Å². The van der Waals surface area contributed by atoms with E-state index in [9.17, 15) is 4.91 Å². The van der Waals surface area contributed by atoms with Crippen LogP contribution in [0.4, 0.5) is 0 Å². The SMILES string of the molecule is COc1ccc([C@@H]2CCN(N=O)C[C@H]2COc2ccc3c(c2)OCO3)cc1. The first-order valence-electron chi connectivity index (χ1n) is 9.01. The average Bonchev–Trinajstić information content (AvgIpc) is 3.20. The van der Waals surface area contributed by atoms with Gasteiger partial charge in [-0.3, -0.25) is 5.01 Å². The predicted molar refractivity (Wildman–Crippen MR) is 99.3 cm³/mol. The van der Waals surface area contributed by atoms with E-state index in [1.165, 1.54) is 5.56 Å². The fraction of sp³-hybridized carbons (Fsp3) is 0.400. The van der Waals surface area contributed by atoms with Gasteiger partial charge in [-0.2, -0.15) is 0 Å². The van der Waals surface area contributed by atoms with Crippen molar-refractivity contribution in [2.24, 2.45) is 11.2 Å². The summed E-state index contributed by atoms with van der Waals surface area (Å²) in [6.45, 7) is 1.95. The summed E-state index contributed by atoms with van der Waals surface area (Å²) in [5.41, 5.74) is 1.22. The maximum atomic E-state index is 11.0. The van der Waals surface area contributed by atoms with Crippen molar-refractivity contribution in [2.75, 3.05) is 33.6 Å². The molecule has 2 atom stereocenters. The fourth-order valence-corrected chi connectivity index (χ4v) is 3.72. The summed E-state index contributed by atoms with van der Waals surface area (Å²) in [7, 11) is 1.66. The molecule has 2 aromatic rings. The number of ether oxygens (including phenoxy) is 4. The highest BCUT2D eigenvalue weighted by Crippen LogP contribution is 2.37. The van der Waals surface area contributed by atoms with Crippen LogP contribution in [0.3, 0.4) is 0 Å². The van der Waals surface area contributed by atoms with Gasteiger partial charge in [-0.1, -0.05) is 12.1 Å². The minimum atomic E-state index is 0.148. The molecule has 0 N–H and O–H groups in total. The van der Waals surface area contributed by atoms with Crippen LogP contribution in [0, 0.1) is 10.8 Å². The van der Waals surface area contributed by atoms with Gasteiger partial charge in [0.25, 0.3) is 0 Å². The first-order chi connectivity index (χ1) is 13.3. The quantitative estimate of drug-likeness (QED) is 0.724. The summed E-state index contributed by atoms with van der Waals surface area (Å²) < 4.78 is 22.0. The molecular formula is C20H22N2O5. The molecule has 27 heavy (non-hydrogen) atoms. The molecule has 0 aromatic heterocycles. The van der Waals surface area contributed by atoms with E-state index in [-0.39, 0.29) is 12.7 Å². The zero-order valence-electron chi connectivity index (χ0n) is 15.2. The molecule has 0 unspecified atom stereocenters. The number of nitroso groups, excluding NO2 is 1. The van der Waals surface area contributed by atoms with Crippen LogP contribution in [0.25, 0.3) is 0 Å². The lowest BCUT2D eigenvalue weighted by Crippen LogP contribution is -2.39. The normalized spacial score (nSPS) is 21.0.